The average Bonchev–Trinajstić information content (AvgIpc) is 2.77. The number of rotatable bonds is 4. The molecule has 0 amide bonds. The van der Waals surface area contributed by atoms with Crippen molar-refractivity contribution in [3.8, 4) is 5.75 Å². The Bertz CT molecular complexity index is 725. The van der Waals surface area contributed by atoms with E-state index >= 15 is 0 Å². The van der Waals surface area contributed by atoms with Gasteiger partial charge in [-0.25, -0.2) is 13.4 Å². The Morgan fingerprint density at radius 2 is 2.10 bits per heavy atom. The number of nitrogens with two attached hydrogens (primary N) is 1. The minimum atomic E-state index is -3.67. The van der Waals surface area contributed by atoms with E-state index < -0.39 is 10.0 Å². The van der Waals surface area contributed by atoms with Crippen LogP contribution in [0.4, 0.5) is 10.8 Å². The molecule has 2 aromatic rings. The highest BCUT2D eigenvalue weighted by atomic mass is 32.2. The maximum absolute atomic E-state index is 12.6. The molecule has 108 valence electrons. The minimum absolute atomic E-state index is 0.153. The monoisotopic (exact) mass is 313 g/mol. The van der Waals surface area contributed by atoms with Gasteiger partial charge in [0.2, 0.25) is 0 Å². The SMILES string of the molecule is COc1cccc(N(C)S(=O)(=O)c2sc(N)nc2C)c1. The molecule has 0 saturated carbocycles. The maximum Gasteiger partial charge on any atom is 0.275 e. The van der Waals surface area contributed by atoms with Gasteiger partial charge in [-0.3, -0.25) is 4.31 Å². The lowest BCUT2D eigenvalue weighted by molar-refractivity contribution is 0.415. The van der Waals surface area contributed by atoms with Gasteiger partial charge in [0.05, 0.1) is 18.5 Å². The molecule has 0 radical (unpaired) electrons. The molecule has 1 heterocycles. The highest BCUT2D eigenvalue weighted by Gasteiger charge is 2.26. The predicted octanol–water partition coefficient (Wildman–Crippen LogP) is 1.87. The van der Waals surface area contributed by atoms with E-state index in [1.165, 1.54) is 18.5 Å². The number of sulfonamides is 1. The van der Waals surface area contributed by atoms with Gasteiger partial charge in [-0.1, -0.05) is 17.4 Å². The van der Waals surface area contributed by atoms with Gasteiger partial charge >= 0.3 is 0 Å². The number of nitrogen functional groups attached to an aromatic ring is 1. The van der Waals surface area contributed by atoms with Crippen molar-refractivity contribution in [2.24, 2.45) is 0 Å². The zero-order chi connectivity index (χ0) is 14.9. The Morgan fingerprint density at radius 1 is 1.40 bits per heavy atom. The average molecular weight is 313 g/mol. The molecular weight excluding hydrogens is 298 g/mol. The van der Waals surface area contributed by atoms with Crippen LogP contribution < -0.4 is 14.8 Å². The summed E-state index contributed by atoms with van der Waals surface area (Å²) in [6.45, 7) is 1.62. The first kappa shape index (κ1) is 14.6. The second kappa shape index (κ2) is 5.29. The molecule has 2 N–H and O–H groups in total. The van der Waals surface area contributed by atoms with Crippen LogP contribution >= 0.6 is 11.3 Å². The van der Waals surface area contributed by atoms with Crippen molar-refractivity contribution in [1.82, 2.24) is 4.98 Å². The molecule has 0 saturated heterocycles. The van der Waals surface area contributed by atoms with E-state index in [0.717, 1.165) is 11.3 Å². The highest BCUT2D eigenvalue weighted by molar-refractivity contribution is 7.94. The summed E-state index contributed by atoms with van der Waals surface area (Å²) < 4.78 is 31.6. The molecule has 0 unspecified atom stereocenters. The van der Waals surface area contributed by atoms with Gasteiger partial charge < -0.3 is 10.5 Å². The molecule has 1 aromatic carbocycles. The number of methoxy groups -OCH3 is 1. The van der Waals surface area contributed by atoms with Gasteiger partial charge in [-0.2, -0.15) is 0 Å². The Hall–Kier alpha value is -1.80. The van der Waals surface area contributed by atoms with Crippen LogP contribution in [0.25, 0.3) is 0 Å². The minimum Gasteiger partial charge on any atom is -0.497 e. The third kappa shape index (κ3) is 2.56. The Morgan fingerprint density at radius 3 is 2.65 bits per heavy atom. The van der Waals surface area contributed by atoms with Crippen LogP contribution in [0, 0.1) is 6.92 Å². The maximum atomic E-state index is 12.6. The summed E-state index contributed by atoms with van der Waals surface area (Å²) in [5.41, 5.74) is 6.48. The second-order valence-corrected chi connectivity index (χ2v) is 7.29. The number of benzene rings is 1. The lowest BCUT2D eigenvalue weighted by atomic mass is 10.3. The summed E-state index contributed by atoms with van der Waals surface area (Å²) in [5.74, 6) is 0.588. The first-order valence-corrected chi connectivity index (χ1v) is 7.98. The lowest BCUT2D eigenvalue weighted by Gasteiger charge is -2.19. The van der Waals surface area contributed by atoms with Gasteiger partial charge in [0, 0.05) is 13.1 Å². The van der Waals surface area contributed by atoms with Crippen molar-refractivity contribution < 1.29 is 13.2 Å². The number of aryl methyl sites for hydroxylation is 1. The fourth-order valence-electron chi connectivity index (χ4n) is 1.71. The van der Waals surface area contributed by atoms with Crippen LogP contribution in [-0.4, -0.2) is 27.6 Å². The number of ether oxygens (including phenoxy) is 1. The molecule has 0 aliphatic rings. The zero-order valence-corrected chi connectivity index (χ0v) is 13.0. The fraction of sp³-hybridized carbons (Fsp3) is 0.250. The third-order valence-corrected chi connectivity index (χ3v) is 6.14. The number of hydrogen-bond acceptors (Lipinski definition) is 6. The van der Waals surface area contributed by atoms with E-state index in [4.69, 9.17) is 10.5 Å². The van der Waals surface area contributed by atoms with Gasteiger partial charge in [0.15, 0.2) is 9.34 Å². The number of aromatic nitrogens is 1. The normalized spacial score (nSPS) is 11.3. The Labute approximate surface area is 121 Å². The van der Waals surface area contributed by atoms with E-state index in [1.54, 1.807) is 31.2 Å². The summed E-state index contributed by atoms with van der Waals surface area (Å²) >= 11 is 0.960. The van der Waals surface area contributed by atoms with Crippen LogP contribution in [-0.2, 0) is 10.0 Å². The van der Waals surface area contributed by atoms with Crippen molar-refractivity contribution >= 4 is 32.2 Å². The van der Waals surface area contributed by atoms with Crippen molar-refractivity contribution in [2.45, 2.75) is 11.1 Å². The molecule has 0 spiro atoms. The zero-order valence-electron chi connectivity index (χ0n) is 11.3. The van der Waals surface area contributed by atoms with E-state index in [-0.39, 0.29) is 9.34 Å². The Balaban J connectivity index is 2.45. The first-order valence-electron chi connectivity index (χ1n) is 5.72. The second-order valence-electron chi connectivity index (χ2n) is 4.10. The standard InChI is InChI=1S/C12H15N3O3S2/c1-8-11(19-12(13)14-8)20(16,17)15(2)9-5-4-6-10(7-9)18-3/h4-7H,1-3H3,(H2,13,14). The number of anilines is 2. The van der Waals surface area contributed by atoms with Crippen LogP contribution in [0.3, 0.4) is 0 Å². The van der Waals surface area contributed by atoms with Crippen LogP contribution in [0.1, 0.15) is 5.69 Å². The van der Waals surface area contributed by atoms with E-state index in [2.05, 4.69) is 4.98 Å². The van der Waals surface area contributed by atoms with E-state index in [1.807, 2.05) is 0 Å². The van der Waals surface area contributed by atoms with Crippen molar-refractivity contribution in [2.75, 3.05) is 24.2 Å². The van der Waals surface area contributed by atoms with Crippen molar-refractivity contribution in [1.29, 1.82) is 0 Å². The molecule has 0 fully saturated rings. The number of nitrogens with zero attached hydrogens (tertiary/aromatic N) is 2. The highest BCUT2D eigenvalue weighted by Crippen LogP contribution is 2.31. The predicted molar refractivity (Wildman–Crippen MR) is 79.8 cm³/mol. The largest absolute Gasteiger partial charge is 0.497 e. The van der Waals surface area contributed by atoms with Crippen molar-refractivity contribution in [3.05, 3.63) is 30.0 Å². The Kier molecular flexibility index (Phi) is 3.87. The van der Waals surface area contributed by atoms with Crippen LogP contribution in [0.5, 0.6) is 5.75 Å². The summed E-state index contributed by atoms with van der Waals surface area (Å²) in [6, 6.07) is 6.82. The first-order chi connectivity index (χ1) is 9.36. The van der Waals surface area contributed by atoms with Gasteiger partial charge in [-0.05, 0) is 19.1 Å². The molecule has 0 aliphatic heterocycles. The molecular formula is C12H15N3O3S2. The fourth-order valence-corrected chi connectivity index (χ4v) is 4.35. The number of thiazole rings is 1. The summed E-state index contributed by atoms with van der Waals surface area (Å²) in [5, 5.41) is 0.236. The van der Waals surface area contributed by atoms with Crippen LogP contribution in [0.2, 0.25) is 0 Å². The molecule has 0 aliphatic carbocycles. The van der Waals surface area contributed by atoms with Gasteiger partial charge in [0.25, 0.3) is 10.0 Å². The quantitative estimate of drug-likeness (QED) is 0.931. The summed E-state index contributed by atoms with van der Waals surface area (Å²) in [7, 11) is -0.658. The van der Waals surface area contributed by atoms with Gasteiger partial charge in [0.1, 0.15) is 5.75 Å². The third-order valence-electron chi connectivity index (χ3n) is 2.78. The molecule has 8 heteroatoms. The summed E-state index contributed by atoms with van der Waals surface area (Å²) in [4.78, 5) is 3.95. The molecule has 20 heavy (non-hydrogen) atoms. The van der Waals surface area contributed by atoms with E-state index in [0.29, 0.717) is 17.1 Å². The molecule has 0 atom stereocenters. The van der Waals surface area contributed by atoms with E-state index in [9.17, 15) is 8.42 Å². The summed E-state index contributed by atoms with van der Waals surface area (Å²) in [6.07, 6.45) is 0. The topological polar surface area (TPSA) is 85.5 Å². The van der Waals surface area contributed by atoms with Crippen molar-refractivity contribution in [3.63, 3.8) is 0 Å². The molecule has 6 nitrogen and oxygen atoms in total. The lowest BCUT2D eigenvalue weighted by Crippen LogP contribution is -2.26. The van der Waals surface area contributed by atoms with Crippen LogP contribution in [0.15, 0.2) is 28.5 Å². The molecule has 1 aromatic heterocycles. The molecule has 0 bridgehead atoms. The number of hydrogen-bond donors (Lipinski definition) is 1. The molecule has 2 rings (SSSR count). The van der Waals surface area contributed by atoms with Gasteiger partial charge in [-0.15, -0.1) is 0 Å². The smallest absolute Gasteiger partial charge is 0.275 e.